The molecule has 1 aromatic carbocycles. The highest BCUT2D eigenvalue weighted by atomic mass is 35.5. The molecular weight excluding hydrogens is 376 g/mol. The van der Waals surface area contributed by atoms with Crippen molar-refractivity contribution in [2.75, 3.05) is 26.7 Å². The summed E-state index contributed by atoms with van der Waals surface area (Å²) in [5.41, 5.74) is 0.611. The lowest BCUT2D eigenvalue weighted by atomic mass is 9.96. The quantitative estimate of drug-likeness (QED) is 0.737. The van der Waals surface area contributed by atoms with E-state index in [1.807, 2.05) is 49.9 Å². The SMILES string of the molecule is CN(CC1CCN(C(=O)C2CC2c2ccccc2Cl)CC1)C(=O)OC(C)(C)C. The van der Waals surface area contributed by atoms with Crippen molar-refractivity contribution in [3.05, 3.63) is 34.9 Å². The number of benzene rings is 1. The maximum atomic E-state index is 12.8. The van der Waals surface area contributed by atoms with E-state index in [0.29, 0.717) is 12.5 Å². The van der Waals surface area contributed by atoms with E-state index in [2.05, 4.69) is 0 Å². The second-order valence-corrected chi connectivity index (χ2v) is 9.51. The Bertz CT molecular complexity index is 723. The lowest BCUT2D eigenvalue weighted by molar-refractivity contribution is -0.134. The van der Waals surface area contributed by atoms with Crippen molar-refractivity contribution >= 4 is 23.6 Å². The molecule has 0 N–H and O–H groups in total. The predicted molar refractivity (Wildman–Crippen MR) is 110 cm³/mol. The Morgan fingerprint density at radius 2 is 1.86 bits per heavy atom. The average molecular weight is 407 g/mol. The zero-order valence-electron chi connectivity index (χ0n) is 17.3. The minimum atomic E-state index is -0.483. The molecule has 2 aliphatic rings. The van der Waals surface area contributed by atoms with Crippen LogP contribution < -0.4 is 0 Å². The van der Waals surface area contributed by atoms with Gasteiger partial charge in [-0.25, -0.2) is 4.79 Å². The van der Waals surface area contributed by atoms with Crippen molar-refractivity contribution in [2.24, 2.45) is 11.8 Å². The molecule has 28 heavy (non-hydrogen) atoms. The van der Waals surface area contributed by atoms with Crippen molar-refractivity contribution in [1.82, 2.24) is 9.80 Å². The molecule has 1 aromatic rings. The molecule has 1 saturated carbocycles. The summed E-state index contributed by atoms with van der Waals surface area (Å²) in [5, 5.41) is 0.756. The third-order valence-corrected chi connectivity index (χ3v) is 5.92. The fourth-order valence-electron chi connectivity index (χ4n) is 3.96. The molecule has 1 aliphatic carbocycles. The molecule has 2 unspecified atom stereocenters. The number of likely N-dealkylation sites (tertiary alicyclic amines) is 1. The number of hydrogen-bond donors (Lipinski definition) is 0. The molecule has 2 amide bonds. The fourth-order valence-corrected chi connectivity index (χ4v) is 4.24. The first-order chi connectivity index (χ1) is 13.2. The van der Waals surface area contributed by atoms with Crippen molar-refractivity contribution in [2.45, 2.75) is 51.6 Å². The van der Waals surface area contributed by atoms with Crippen molar-refractivity contribution in [1.29, 1.82) is 0 Å². The fraction of sp³-hybridized carbons (Fsp3) is 0.636. The Morgan fingerprint density at radius 1 is 1.21 bits per heavy atom. The topological polar surface area (TPSA) is 49.9 Å². The van der Waals surface area contributed by atoms with Crippen molar-refractivity contribution in [3.8, 4) is 0 Å². The number of halogens is 1. The Balaban J connectivity index is 1.45. The molecule has 1 saturated heterocycles. The number of carbonyl (C=O) groups is 2. The first-order valence-corrected chi connectivity index (χ1v) is 10.5. The van der Waals surface area contributed by atoms with E-state index in [1.165, 1.54) is 0 Å². The van der Waals surface area contributed by atoms with Gasteiger partial charge >= 0.3 is 6.09 Å². The first-order valence-electron chi connectivity index (χ1n) is 10.1. The highest BCUT2D eigenvalue weighted by Crippen LogP contribution is 2.50. The van der Waals surface area contributed by atoms with E-state index >= 15 is 0 Å². The molecule has 3 rings (SSSR count). The summed E-state index contributed by atoms with van der Waals surface area (Å²) in [6, 6.07) is 7.82. The van der Waals surface area contributed by atoms with Crippen molar-refractivity contribution < 1.29 is 14.3 Å². The summed E-state index contributed by atoms with van der Waals surface area (Å²) in [6.45, 7) is 7.81. The van der Waals surface area contributed by atoms with Gasteiger partial charge < -0.3 is 14.5 Å². The van der Waals surface area contributed by atoms with Crippen LogP contribution in [0.25, 0.3) is 0 Å². The number of rotatable bonds is 4. The Hall–Kier alpha value is -1.75. The maximum absolute atomic E-state index is 12.8. The van der Waals surface area contributed by atoms with Crippen LogP contribution in [0.5, 0.6) is 0 Å². The Labute approximate surface area is 173 Å². The molecule has 154 valence electrons. The summed E-state index contributed by atoms with van der Waals surface area (Å²) >= 11 is 6.28. The number of nitrogens with zero attached hydrogens (tertiary/aromatic N) is 2. The van der Waals surface area contributed by atoms with E-state index < -0.39 is 5.60 Å². The van der Waals surface area contributed by atoms with Crippen LogP contribution in [-0.4, -0.2) is 54.1 Å². The van der Waals surface area contributed by atoms with Crippen LogP contribution in [-0.2, 0) is 9.53 Å². The smallest absolute Gasteiger partial charge is 0.410 e. The van der Waals surface area contributed by atoms with E-state index in [4.69, 9.17) is 16.3 Å². The Kier molecular flexibility index (Phi) is 6.23. The molecule has 2 atom stereocenters. The molecule has 1 heterocycles. The second kappa shape index (κ2) is 8.32. The number of piperidine rings is 1. The number of ether oxygens (including phenoxy) is 1. The lowest BCUT2D eigenvalue weighted by Gasteiger charge is -2.34. The standard InChI is InChI=1S/C22H31ClN2O3/c1-22(2,3)28-21(27)24(4)14-15-9-11-25(12-10-15)20(26)18-13-17(18)16-7-5-6-8-19(16)23/h5-8,15,17-18H,9-14H2,1-4H3. The van der Waals surface area contributed by atoms with Gasteiger partial charge in [0.15, 0.2) is 0 Å². The summed E-state index contributed by atoms with van der Waals surface area (Å²) < 4.78 is 5.42. The number of hydrogen-bond acceptors (Lipinski definition) is 3. The van der Waals surface area contributed by atoms with Crippen molar-refractivity contribution in [3.63, 3.8) is 0 Å². The molecule has 6 heteroatoms. The van der Waals surface area contributed by atoms with Gasteiger partial charge in [-0.1, -0.05) is 29.8 Å². The highest BCUT2D eigenvalue weighted by Gasteiger charge is 2.46. The minimum absolute atomic E-state index is 0.0703. The van der Waals surface area contributed by atoms with Gasteiger partial charge in [0.1, 0.15) is 5.60 Å². The molecule has 0 aromatic heterocycles. The largest absolute Gasteiger partial charge is 0.444 e. The highest BCUT2D eigenvalue weighted by molar-refractivity contribution is 6.31. The molecule has 5 nitrogen and oxygen atoms in total. The van der Waals surface area contributed by atoms with Gasteiger partial charge in [0.05, 0.1) is 0 Å². The number of carbonyl (C=O) groups excluding carboxylic acids is 2. The predicted octanol–water partition coefficient (Wildman–Crippen LogP) is 4.55. The van der Waals surface area contributed by atoms with Gasteiger partial charge in [-0.15, -0.1) is 0 Å². The first kappa shape index (κ1) is 21.0. The van der Waals surface area contributed by atoms with Gasteiger partial charge in [0.2, 0.25) is 5.91 Å². The van der Waals surface area contributed by atoms with Gasteiger partial charge in [0.25, 0.3) is 0 Å². The van der Waals surface area contributed by atoms with Crippen LogP contribution in [0.1, 0.15) is 51.5 Å². The maximum Gasteiger partial charge on any atom is 0.410 e. The van der Waals surface area contributed by atoms with E-state index in [-0.39, 0.29) is 23.8 Å². The van der Waals surface area contributed by atoms with E-state index in [9.17, 15) is 9.59 Å². The monoisotopic (exact) mass is 406 g/mol. The van der Waals surface area contributed by atoms with Crippen LogP contribution in [0.15, 0.2) is 24.3 Å². The van der Waals surface area contributed by atoms with Crippen LogP contribution in [0.3, 0.4) is 0 Å². The molecule has 0 spiro atoms. The van der Waals surface area contributed by atoms with Crippen LogP contribution in [0, 0.1) is 11.8 Å². The van der Waals surface area contributed by atoms with E-state index in [0.717, 1.165) is 42.9 Å². The second-order valence-electron chi connectivity index (χ2n) is 9.10. The Morgan fingerprint density at radius 3 is 2.46 bits per heavy atom. The van der Waals surface area contributed by atoms with Gasteiger partial charge in [0, 0.05) is 37.6 Å². The molecule has 0 radical (unpaired) electrons. The van der Waals surface area contributed by atoms with Gasteiger partial charge in [-0.3, -0.25) is 4.79 Å². The molecule has 1 aliphatic heterocycles. The third-order valence-electron chi connectivity index (χ3n) is 5.58. The zero-order chi connectivity index (χ0) is 20.5. The summed E-state index contributed by atoms with van der Waals surface area (Å²) in [5.74, 6) is 0.988. The third kappa shape index (κ3) is 5.19. The zero-order valence-corrected chi connectivity index (χ0v) is 18.0. The number of amides is 2. The van der Waals surface area contributed by atoms with Crippen LogP contribution in [0.4, 0.5) is 4.79 Å². The lowest BCUT2D eigenvalue weighted by Crippen LogP contribution is -2.43. The average Bonchev–Trinajstić information content (AvgIpc) is 3.41. The van der Waals surface area contributed by atoms with Crippen LogP contribution >= 0.6 is 11.6 Å². The van der Waals surface area contributed by atoms with Gasteiger partial charge in [-0.2, -0.15) is 0 Å². The summed E-state index contributed by atoms with van der Waals surface area (Å²) in [7, 11) is 1.78. The minimum Gasteiger partial charge on any atom is -0.444 e. The van der Waals surface area contributed by atoms with E-state index in [1.54, 1.807) is 11.9 Å². The normalized spacial score (nSPS) is 22.7. The molecule has 2 fully saturated rings. The van der Waals surface area contributed by atoms with Gasteiger partial charge in [-0.05, 0) is 63.5 Å². The van der Waals surface area contributed by atoms with Crippen LogP contribution in [0.2, 0.25) is 5.02 Å². The molecule has 0 bridgehead atoms. The summed E-state index contributed by atoms with van der Waals surface area (Å²) in [6.07, 6.45) is 2.45. The molecular formula is C22H31ClN2O3. The summed E-state index contributed by atoms with van der Waals surface area (Å²) in [4.78, 5) is 28.6.